The van der Waals surface area contributed by atoms with Crippen LogP contribution in [0.1, 0.15) is 0 Å². The highest BCUT2D eigenvalue weighted by atomic mass is 35.5. The lowest BCUT2D eigenvalue weighted by atomic mass is 10.2. The molecular formula is C12H8ClNO3. The third-order valence-corrected chi connectivity index (χ3v) is 2.88. The summed E-state index contributed by atoms with van der Waals surface area (Å²) in [6.07, 6.45) is 1.58. The van der Waals surface area contributed by atoms with Crippen LogP contribution in [0.3, 0.4) is 0 Å². The Kier molecular flexibility index (Phi) is 2.30. The highest BCUT2D eigenvalue weighted by Crippen LogP contribution is 2.37. The quantitative estimate of drug-likeness (QED) is 0.694. The SMILES string of the molecule is COc1ccc2c(-c3ccco3)noc2c1Cl. The number of benzene rings is 1. The molecule has 17 heavy (non-hydrogen) atoms. The zero-order chi connectivity index (χ0) is 11.8. The van der Waals surface area contributed by atoms with Crippen molar-refractivity contribution in [2.24, 2.45) is 0 Å². The molecule has 0 unspecified atom stereocenters. The maximum absolute atomic E-state index is 6.13. The van der Waals surface area contributed by atoms with Crippen LogP contribution >= 0.6 is 11.6 Å². The predicted molar refractivity (Wildman–Crippen MR) is 63.3 cm³/mol. The third kappa shape index (κ3) is 1.49. The molecule has 0 fully saturated rings. The minimum atomic E-state index is 0.412. The summed E-state index contributed by atoms with van der Waals surface area (Å²) in [5, 5.41) is 5.17. The lowest BCUT2D eigenvalue weighted by Gasteiger charge is -2.01. The van der Waals surface area contributed by atoms with E-state index in [1.807, 2.05) is 12.1 Å². The predicted octanol–water partition coefficient (Wildman–Crippen LogP) is 3.75. The lowest BCUT2D eigenvalue weighted by molar-refractivity contribution is 0.412. The molecule has 0 aliphatic heterocycles. The van der Waals surface area contributed by atoms with Crippen LogP contribution in [0.15, 0.2) is 39.5 Å². The first-order valence-electron chi connectivity index (χ1n) is 4.97. The monoisotopic (exact) mass is 249 g/mol. The van der Waals surface area contributed by atoms with E-state index >= 15 is 0 Å². The van der Waals surface area contributed by atoms with Crippen molar-refractivity contribution in [3.8, 4) is 17.2 Å². The lowest BCUT2D eigenvalue weighted by Crippen LogP contribution is -1.83. The summed E-state index contributed by atoms with van der Waals surface area (Å²) in [5.74, 6) is 1.20. The Balaban J connectivity index is 2.28. The Morgan fingerprint density at radius 1 is 1.29 bits per heavy atom. The first-order valence-corrected chi connectivity index (χ1v) is 5.35. The van der Waals surface area contributed by atoms with Crippen LogP contribution in [0.5, 0.6) is 5.75 Å². The normalized spacial score (nSPS) is 10.9. The van der Waals surface area contributed by atoms with Gasteiger partial charge in [0.05, 0.1) is 18.8 Å². The summed E-state index contributed by atoms with van der Waals surface area (Å²) in [6, 6.07) is 7.22. The van der Waals surface area contributed by atoms with E-state index in [1.54, 1.807) is 25.5 Å². The van der Waals surface area contributed by atoms with E-state index in [0.29, 0.717) is 27.8 Å². The molecule has 2 aromatic heterocycles. The second kappa shape index (κ2) is 3.82. The Bertz CT molecular complexity index is 658. The van der Waals surface area contributed by atoms with Gasteiger partial charge in [-0.1, -0.05) is 16.8 Å². The molecule has 0 amide bonds. The van der Waals surface area contributed by atoms with Crippen LogP contribution in [0.4, 0.5) is 0 Å². The number of hydrogen-bond donors (Lipinski definition) is 0. The number of furan rings is 1. The fraction of sp³-hybridized carbons (Fsp3) is 0.0833. The number of methoxy groups -OCH3 is 1. The fourth-order valence-corrected chi connectivity index (χ4v) is 1.98. The number of hydrogen-bond acceptors (Lipinski definition) is 4. The standard InChI is InChI=1S/C12H8ClNO3/c1-15-8-5-4-7-11(9-3-2-6-16-9)14-17-12(7)10(8)13/h2-6H,1H3. The molecule has 0 spiro atoms. The molecule has 0 radical (unpaired) electrons. The van der Waals surface area contributed by atoms with Crippen LogP contribution < -0.4 is 4.74 Å². The van der Waals surface area contributed by atoms with Gasteiger partial charge in [0.1, 0.15) is 10.8 Å². The van der Waals surface area contributed by atoms with Crippen LogP contribution in [-0.4, -0.2) is 12.3 Å². The number of ether oxygens (including phenoxy) is 1. The first kappa shape index (κ1) is 10.2. The van der Waals surface area contributed by atoms with Crippen molar-refractivity contribution in [2.75, 3.05) is 7.11 Å². The van der Waals surface area contributed by atoms with Crippen molar-refractivity contribution in [2.45, 2.75) is 0 Å². The average molecular weight is 250 g/mol. The van der Waals surface area contributed by atoms with Crippen LogP contribution in [0.2, 0.25) is 5.02 Å². The van der Waals surface area contributed by atoms with Gasteiger partial charge in [0.2, 0.25) is 0 Å². The van der Waals surface area contributed by atoms with Crippen molar-refractivity contribution >= 4 is 22.6 Å². The van der Waals surface area contributed by atoms with E-state index in [9.17, 15) is 0 Å². The van der Waals surface area contributed by atoms with E-state index in [4.69, 9.17) is 25.3 Å². The van der Waals surface area contributed by atoms with Crippen molar-refractivity contribution in [3.05, 3.63) is 35.6 Å². The molecule has 86 valence electrons. The van der Waals surface area contributed by atoms with Gasteiger partial charge < -0.3 is 13.7 Å². The summed E-state index contributed by atoms with van der Waals surface area (Å²) in [7, 11) is 1.55. The molecule has 3 aromatic rings. The van der Waals surface area contributed by atoms with Gasteiger partial charge in [0.15, 0.2) is 17.0 Å². The average Bonchev–Trinajstić information content (AvgIpc) is 2.97. The largest absolute Gasteiger partial charge is 0.495 e. The van der Waals surface area contributed by atoms with Gasteiger partial charge in [-0.3, -0.25) is 0 Å². The van der Waals surface area contributed by atoms with Gasteiger partial charge in [-0.2, -0.15) is 0 Å². The molecule has 0 saturated carbocycles. The van der Waals surface area contributed by atoms with Crippen LogP contribution in [0.25, 0.3) is 22.4 Å². The second-order valence-electron chi connectivity index (χ2n) is 3.47. The maximum Gasteiger partial charge on any atom is 0.189 e. The molecule has 0 aliphatic carbocycles. The molecule has 0 bridgehead atoms. The molecule has 2 heterocycles. The number of nitrogens with zero attached hydrogens (tertiary/aromatic N) is 1. The Morgan fingerprint density at radius 2 is 2.18 bits per heavy atom. The summed E-state index contributed by atoms with van der Waals surface area (Å²) < 4.78 is 15.6. The zero-order valence-corrected chi connectivity index (χ0v) is 9.69. The van der Waals surface area contributed by atoms with E-state index in [2.05, 4.69) is 5.16 Å². The minimum absolute atomic E-state index is 0.412. The van der Waals surface area contributed by atoms with Crippen molar-refractivity contribution < 1.29 is 13.7 Å². The van der Waals surface area contributed by atoms with Gasteiger partial charge in [0, 0.05) is 0 Å². The van der Waals surface area contributed by atoms with Gasteiger partial charge in [-0.15, -0.1) is 0 Å². The Hall–Kier alpha value is -1.94. The highest BCUT2D eigenvalue weighted by molar-refractivity contribution is 6.36. The smallest absolute Gasteiger partial charge is 0.189 e. The second-order valence-corrected chi connectivity index (χ2v) is 3.84. The molecule has 0 saturated heterocycles. The Morgan fingerprint density at radius 3 is 2.88 bits per heavy atom. The highest BCUT2D eigenvalue weighted by Gasteiger charge is 2.17. The summed E-state index contributed by atoms with van der Waals surface area (Å²) in [6.45, 7) is 0. The van der Waals surface area contributed by atoms with Crippen molar-refractivity contribution in [1.82, 2.24) is 5.16 Å². The summed E-state index contributed by atoms with van der Waals surface area (Å²) in [4.78, 5) is 0. The number of rotatable bonds is 2. The van der Waals surface area contributed by atoms with E-state index in [0.717, 1.165) is 5.39 Å². The topological polar surface area (TPSA) is 48.4 Å². The Labute approximate surface area is 102 Å². The molecule has 4 nitrogen and oxygen atoms in total. The van der Waals surface area contributed by atoms with E-state index < -0.39 is 0 Å². The van der Waals surface area contributed by atoms with Gasteiger partial charge in [0.25, 0.3) is 0 Å². The molecule has 0 aliphatic rings. The molecular weight excluding hydrogens is 242 g/mol. The van der Waals surface area contributed by atoms with Gasteiger partial charge >= 0.3 is 0 Å². The van der Waals surface area contributed by atoms with Crippen LogP contribution in [0, 0.1) is 0 Å². The van der Waals surface area contributed by atoms with Crippen molar-refractivity contribution in [1.29, 1.82) is 0 Å². The maximum atomic E-state index is 6.13. The molecule has 0 N–H and O–H groups in total. The summed E-state index contributed by atoms with van der Waals surface area (Å²) in [5.41, 5.74) is 1.13. The van der Waals surface area contributed by atoms with Crippen molar-refractivity contribution in [3.63, 3.8) is 0 Å². The molecule has 5 heteroatoms. The third-order valence-electron chi connectivity index (χ3n) is 2.52. The number of fused-ring (bicyclic) bond motifs is 1. The zero-order valence-electron chi connectivity index (χ0n) is 8.94. The number of aromatic nitrogens is 1. The molecule has 0 atom stereocenters. The van der Waals surface area contributed by atoms with E-state index in [1.165, 1.54) is 0 Å². The van der Waals surface area contributed by atoms with Crippen LogP contribution in [-0.2, 0) is 0 Å². The molecule has 1 aromatic carbocycles. The van der Waals surface area contributed by atoms with Gasteiger partial charge in [-0.25, -0.2) is 0 Å². The molecule has 3 rings (SSSR count). The fourth-order valence-electron chi connectivity index (χ4n) is 1.70. The minimum Gasteiger partial charge on any atom is -0.495 e. The summed E-state index contributed by atoms with van der Waals surface area (Å²) >= 11 is 6.13. The van der Waals surface area contributed by atoms with Gasteiger partial charge in [-0.05, 0) is 24.3 Å². The van der Waals surface area contributed by atoms with E-state index in [-0.39, 0.29) is 0 Å². The first-order chi connectivity index (χ1) is 8.31. The number of halogens is 1.